The summed E-state index contributed by atoms with van der Waals surface area (Å²) in [5, 5.41) is 11.2. The molecule has 0 N–H and O–H groups in total. The molecule has 1 aromatic carbocycles. The van der Waals surface area contributed by atoms with Gasteiger partial charge in [-0.05, 0) is 45.8 Å². The SMILES string of the molecule is Cc1ncnc(C)c1-c1cc([N+](=O)[O-])ccc1OCCN1CCCC1.Cl. The van der Waals surface area contributed by atoms with Crippen LogP contribution in [0.4, 0.5) is 5.69 Å². The number of aromatic nitrogens is 2. The van der Waals surface area contributed by atoms with Crippen molar-refractivity contribution >= 4 is 18.1 Å². The molecule has 0 amide bonds. The summed E-state index contributed by atoms with van der Waals surface area (Å²) in [6.07, 6.45) is 3.98. The maximum Gasteiger partial charge on any atom is 0.270 e. The lowest BCUT2D eigenvalue weighted by Crippen LogP contribution is -2.25. The molecule has 1 aromatic heterocycles. The maximum absolute atomic E-state index is 11.2. The molecule has 140 valence electrons. The van der Waals surface area contributed by atoms with Crippen molar-refractivity contribution in [2.24, 2.45) is 0 Å². The number of likely N-dealkylation sites (tertiary alicyclic amines) is 1. The molecule has 8 heteroatoms. The third-order valence-corrected chi connectivity index (χ3v) is 4.53. The minimum atomic E-state index is -0.397. The zero-order chi connectivity index (χ0) is 17.8. The maximum atomic E-state index is 11.2. The van der Waals surface area contributed by atoms with Crippen LogP contribution in [-0.2, 0) is 0 Å². The number of benzene rings is 1. The predicted molar refractivity (Wildman–Crippen MR) is 102 cm³/mol. The molecule has 0 radical (unpaired) electrons. The Morgan fingerprint density at radius 1 is 1.19 bits per heavy atom. The van der Waals surface area contributed by atoms with Crippen molar-refractivity contribution in [2.45, 2.75) is 26.7 Å². The van der Waals surface area contributed by atoms with E-state index < -0.39 is 4.92 Å². The number of nitrogens with zero attached hydrogens (tertiary/aromatic N) is 4. The number of hydrogen-bond donors (Lipinski definition) is 0. The average Bonchev–Trinajstić information content (AvgIpc) is 3.09. The Hall–Kier alpha value is -2.25. The molecule has 7 nitrogen and oxygen atoms in total. The van der Waals surface area contributed by atoms with Gasteiger partial charge in [-0.2, -0.15) is 0 Å². The van der Waals surface area contributed by atoms with Crippen LogP contribution in [0, 0.1) is 24.0 Å². The Bertz CT molecular complexity index is 759. The molecule has 1 fully saturated rings. The summed E-state index contributed by atoms with van der Waals surface area (Å²) in [6.45, 7) is 7.38. The van der Waals surface area contributed by atoms with Crippen molar-refractivity contribution in [3.05, 3.63) is 46.0 Å². The van der Waals surface area contributed by atoms with Crippen LogP contribution in [0.2, 0.25) is 0 Å². The number of hydrogen-bond acceptors (Lipinski definition) is 6. The Morgan fingerprint density at radius 3 is 2.46 bits per heavy atom. The van der Waals surface area contributed by atoms with Crippen LogP contribution >= 0.6 is 12.4 Å². The molecule has 26 heavy (non-hydrogen) atoms. The van der Waals surface area contributed by atoms with E-state index in [1.807, 2.05) is 13.8 Å². The minimum Gasteiger partial charge on any atom is -0.492 e. The topological polar surface area (TPSA) is 81.4 Å². The van der Waals surface area contributed by atoms with E-state index in [0.29, 0.717) is 17.9 Å². The molecule has 0 saturated carbocycles. The summed E-state index contributed by atoms with van der Waals surface area (Å²) in [5.41, 5.74) is 3.05. The molecule has 0 aliphatic carbocycles. The molecule has 0 spiro atoms. The third kappa shape index (κ3) is 4.47. The summed E-state index contributed by atoms with van der Waals surface area (Å²) < 4.78 is 5.98. The third-order valence-electron chi connectivity index (χ3n) is 4.53. The zero-order valence-corrected chi connectivity index (χ0v) is 15.8. The highest BCUT2D eigenvalue weighted by Crippen LogP contribution is 2.36. The van der Waals surface area contributed by atoms with Gasteiger partial charge in [0.1, 0.15) is 18.7 Å². The smallest absolute Gasteiger partial charge is 0.270 e. The molecular weight excluding hydrogens is 356 g/mol. The van der Waals surface area contributed by atoms with Gasteiger partial charge in [-0.15, -0.1) is 12.4 Å². The van der Waals surface area contributed by atoms with Crippen molar-refractivity contribution in [3.63, 3.8) is 0 Å². The summed E-state index contributed by atoms with van der Waals surface area (Å²) >= 11 is 0. The molecule has 0 unspecified atom stereocenters. The monoisotopic (exact) mass is 378 g/mol. The second-order valence-electron chi connectivity index (χ2n) is 6.25. The van der Waals surface area contributed by atoms with E-state index in [0.717, 1.165) is 36.6 Å². The molecular formula is C18H23ClN4O3. The predicted octanol–water partition coefficient (Wildman–Crippen LogP) is 3.57. The Morgan fingerprint density at radius 2 is 1.85 bits per heavy atom. The molecule has 0 bridgehead atoms. The Balaban J connectivity index is 0.00000243. The van der Waals surface area contributed by atoms with Crippen molar-refractivity contribution < 1.29 is 9.66 Å². The van der Waals surface area contributed by atoms with Crippen molar-refractivity contribution in [3.8, 4) is 16.9 Å². The van der Waals surface area contributed by atoms with Crippen LogP contribution in [0.15, 0.2) is 24.5 Å². The van der Waals surface area contributed by atoms with Gasteiger partial charge in [0, 0.05) is 41.2 Å². The van der Waals surface area contributed by atoms with E-state index in [9.17, 15) is 10.1 Å². The Labute approximate surface area is 159 Å². The minimum absolute atomic E-state index is 0. The van der Waals surface area contributed by atoms with E-state index in [2.05, 4.69) is 14.9 Å². The first-order valence-electron chi connectivity index (χ1n) is 8.48. The fraction of sp³-hybridized carbons (Fsp3) is 0.444. The number of ether oxygens (including phenoxy) is 1. The summed E-state index contributed by atoms with van der Waals surface area (Å²) in [7, 11) is 0. The summed E-state index contributed by atoms with van der Waals surface area (Å²) in [5.74, 6) is 0.630. The lowest BCUT2D eigenvalue weighted by atomic mass is 10.0. The van der Waals surface area contributed by atoms with Crippen molar-refractivity contribution in [1.82, 2.24) is 14.9 Å². The van der Waals surface area contributed by atoms with Crippen LogP contribution in [0.5, 0.6) is 5.75 Å². The van der Waals surface area contributed by atoms with Gasteiger partial charge in [0.2, 0.25) is 0 Å². The highest BCUT2D eigenvalue weighted by molar-refractivity contribution is 5.85. The molecule has 2 heterocycles. The van der Waals surface area contributed by atoms with Gasteiger partial charge < -0.3 is 4.74 Å². The second-order valence-corrected chi connectivity index (χ2v) is 6.25. The van der Waals surface area contributed by atoms with E-state index in [-0.39, 0.29) is 18.1 Å². The molecule has 2 aromatic rings. The molecule has 1 aliphatic rings. The standard InChI is InChI=1S/C18H22N4O3.ClH/c1-13-18(14(2)20-12-19-13)16-11-15(22(23)24)5-6-17(16)25-10-9-21-7-3-4-8-21;/h5-6,11-12H,3-4,7-10H2,1-2H3;1H. The van der Waals surface area contributed by atoms with Crippen LogP contribution in [0.1, 0.15) is 24.2 Å². The average molecular weight is 379 g/mol. The van der Waals surface area contributed by atoms with Crippen LogP contribution in [-0.4, -0.2) is 46.0 Å². The van der Waals surface area contributed by atoms with Crippen molar-refractivity contribution in [2.75, 3.05) is 26.2 Å². The number of rotatable bonds is 6. The van der Waals surface area contributed by atoms with Gasteiger partial charge in [-0.1, -0.05) is 0 Å². The van der Waals surface area contributed by atoms with E-state index in [4.69, 9.17) is 4.74 Å². The lowest BCUT2D eigenvalue weighted by molar-refractivity contribution is -0.384. The number of halogens is 1. The number of non-ortho nitro benzene ring substituents is 1. The first kappa shape index (κ1) is 20.1. The summed E-state index contributed by atoms with van der Waals surface area (Å²) in [6, 6.07) is 4.69. The van der Waals surface area contributed by atoms with Crippen molar-refractivity contribution in [1.29, 1.82) is 0 Å². The largest absolute Gasteiger partial charge is 0.492 e. The summed E-state index contributed by atoms with van der Waals surface area (Å²) in [4.78, 5) is 21.6. The molecule has 3 rings (SSSR count). The van der Waals surface area contributed by atoms with Gasteiger partial charge >= 0.3 is 0 Å². The van der Waals surface area contributed by atoms with E-state index in [1.54, 1.807) is 12.1 Å². The zero-order valence-electron chi connectivity index (χ0n) is 15.0. The highest BCUT2D eigenvalue weighted by atomic mass is 35.5. The number of aryl methyl sites for hydroxylation is 2. The number of nitro groups is 1. The second kappa shape index (κ2) is 8.91. The van der Waals surface area contributed by atoms with Gasteiger partial charge in [0.25, 0.3) is 5.69 Å². The van der Waals surface area contributed by atoms with Gasteiger partial charge in [0.05, 0.1) is 4.92 Å². The van der Waals surface area contributed by atoms with Gasteiger partial charge in [0.15, 0.2) is 0 Å². The van der Waals surface area contributed by atoms with Crippen LogP contribution in [0.3, 0.4) is 0 Å². The van der Waals surface area contributed by atoms with Crippen LogP contribution in [0.25, 0.3) is 11.1 Å². The fourth-order valence-corrected chi connectivity index (χ4v) is 3.23. The molecule has 1 saturated heterocycles. The van der Waals surface area contributed by atoms with E-state index >= 15 is 0 Å². The lowest BCUT2D eigenvalue weighted by Gasteiger charge is -2.17. The molecule has 1 aliphatic heterocycles. The first-order valence-corrected chi connectivity index (χ1v) is 8.48. The van der Waals surface area contributed by atoms with Gasteiger partial charge in [-0.3, -0.25) is 15.0 Å². The molecule has 0 atom stereocenters. The highest BCUT2D eigenvalue weighted by Gasteiger charge is 2.18. The quantitative estimate of drug-likeness (QED) is 0.564. The van der Waals surface area contributed by atoms with Crippen LogP contribution < -0.4 is 4.74 Å². The first-order chi connectivity index (χ1) is 12.1. The van der Waals surface area contributed by atoms with Gasteiger partial charge in [-0.25, -0.2) is 9.97 Å². The fourth-order valence-electron chi connectivity index (χ4n) is 3.23. The Kier molecular flexibility index (Phi) is 6.88. The van der Waals surface area contributed by atoms with E-state index in [1.165, 1.54) is 25.2 Å². The number of nitro benzene ring substituents is 1. The normalized spacial score (nSPS) is 14.1.